The van der Waals surface area contributed by atoms with Crippen molar-refractivity contribution in [3.63, 3.8) is 0 Å². The molecule has 0 aliphatic heterocycles. The van der Waals surface area contributed by atoms with Crippen LogP contribution in [-0.4, -0.2) is 27.1 Å². The van der Waals surface area contributed by atoms with Gasteiger partial charge in [0.25, 0.3) is 0 Å². The first-order chi connectivity index (χ1) is 16.6. The highest BCUT2D eigenvalue weighted by molar-refractivity contribution is 9.10. The van der Waals surface area contributed by atoms with Gasteiger partial charge < -0.3 is 9.47 Å². The summed E-state index contributed by atoms with van der Waals surface area (Å²) in [5.41, 5.74) is 1.13. The Morgan fingerprint density at radius 1 is 0.861 bits per heavy atom. The molecule has 0 aliphatic carbocycles. The molecule has 0 saturated heterocycles. The molecule has 0 spiro atoms. The van der Waals surface area contributed by atoms with Crippen LogP contribution in [0, 0.1) is 0 Å². The van der Waals surface area contributed by atoms with Crippen molar-refractivity contribution in [2.24, 2.45) is 0 Å². The summed E-state index contributed by atoms with van der Waals surface area (Å²) in [6, 6.07) is 18.0. The second-order valence-corrected chi connectivity index (χ2v) is 11.8. The summed E-state index contributed by atoms with van der Waals surface area (Å²) in [5, 5.41) is 0. The maximum absolute atomic E-state index is 13.0. The van der Waals surface area contributed by atoms with Crippen LogP contribution in [0.3, 0.4) is 0 Å². The van der Waals surface area contributed by atoms with Crippen molar-refractivity contribution in [3.05, 3.63) is 82.3 Å². The van der Waals surface area contributed by atoms with Crippen LogP contribution in [0.5, 0.6) is 11.5 Å². The summed E-state index contributed by atoms with van der Waals surface area (Å²) in [6.45, 7) is 7.20. The van der Waals surface area contributed by atoms with Crippen LogP contribution in [0.1, 0.15) is 38.8 Å². The molecule has 0 aliphatic rings. The predicted molar refractivity (Wildman–Crippen MR) is 139 cm³/mol. The van der Waals surface area contributed by atoms with Crippen molar-refractivity contribution in [1.82, 2.24) is 0 Å². The molecule has 0 amide bonds. The standard InChI is InChI=1S/C26H27BrF3NO4S/c1-17(2)34-23-13-19(14-24(16-23)35-26(28,29)30)25(3,4)18-11-20(27)15-22(12-18)31(36(5,32)33)21-9-7-6-8-10-21/h6-17H,1-5H3. The Morgan fingerprint density at radius 2 is 1.44 bits per heavy atom. The van der Waals surface area contributed by atoms with Gasteiger partial charge in [-0.15, -0.1) is 13.2 Å². The Bertz CT molecular complexity index is 1330. The lowest BCUT2D eigenvalue weighted by Gasteiger charge is -2.30. The molecule has 0 atom stereocenters. The summed E-state index contributed by atoms with van der Waals surface area (Å²) in [4.78, 5) is 0. The van der Waals surface area contributed by atoms with Gasteiger partial charge in [0.05, 0.1) is 23.7 Å². The van der Waals surface area contributed by atoms with Gasteiger partial charge in [-0.2, -0.15) is 0 Å². The van der Waals surface area contributed by atoms with Gasteiger partial charge in [-0.05, 0) is 67.4 Å². The molecule has 0 aromatic heterocycles. The lowest BCUT2D eigenvalue weighted by molar-refractivity contribution is -0.274. The quantitative estimate of drug-likeness (QED) is 0.274. The molecule has 0 bridgehead atoms. The van der Waals surface area contributed by atoms with Crippen molar-refractivity contribution in [2.75, 3.05) is 10.6 Å². The monoisotopic (exact) mass is 585 g/mol. The van der Waals surface area contributed by atoms with E-state index in [0.717, 1.165) is 6.26 Å². The molecule has 0 unspecified atom stereocenters. The molecule has 36 heavy (non-hydrogen) atoms. The number of alkyl halides is 3. The van der Waals surface area contributed by atoms with Crippen LogP contribution in [0.2, 0.25) is 0 Å². The number of ether oxygens (including phenoxy) is 2. The van der Waals surface area contributed by atoms with Gasteiger partial charge in [0.2, 0.25) is 10.0 Å². The number of sulfonamides is 1. The van der Waals surface area contributed by atoms with Crippen molar-refractivity contribution < 1.29 is 31.1 Å². The van der Waals surface area contributed by atoms with E-state index in [0.29, 0.717) is 27.0 Å². The number of para-hydroxylation sites is 1. The maximum atomic E-state index is 13.0. The molecule has 0 fully saturated rings. The smallest absolute Gasteiger partial charge is 0.491 e. The number of nitrogens with zero attached hydrogens (tertiary/aromatic N) is 1. The third kappa shape index (κ3) is 6.94. The summed E-state index contributed by atoms with van der Waals surface area (Å²) in [6.07, 6.45) is -4.03. The van der Waals surface area contributed by atoms with Crippen LogP contribution >= 0.6 is 15.9 Å². The van der Waals surface area contributed by atoms with Crippen molar-refractivity contribution >= 4 is 37.3 Å². The minimum absolute atomic E-state index is 0.229. The Balaban J connectivity index is 2.17. The lowest BCUT2D eigenvalue weighted by Crippen LogP contribution is -2.26. The average Bonchev–Trinajstić information content (AvgIpc) is 2.71. The van der Waals surface area contributed by atoms with Crippen molar-refractivity contribution in [2.45, 2.75) is 45.6 Å². The summed E-state index contributed by atoms with van der Waals surface area (Å²) >= 11 is 3.47. The van der Waals surface area contributed by atoms with E-state index >= 15 is 0 Å². The lowest BCUT2D eigenvalue weighted by atomic mass is 9.78. The van der Waals surface area contributed by atoms with Crippen LogP contribution in [0.4, 0.5) is 24.5 Å². The first-order valence-electron chi connectivity index (χ1n) is 11.0. The molecular formula is C26H27BrF3NO4S. The molecule has 194 valence electrons. The SMILES string of the molecule is CC(C)Oc1cc(OC(F)(F)F)cc(C(C)(C)c2cc(Br)cc(N(c3ccccc3)S(C)(=O)=O)c2)c1. The highest BCUT2D eigenvalue weighted by Crippen LogP contribution is 2.41. The number of anilines is 2. The molecular weight excluding hydrogens is 559 g/mol. The maximum Gasteiger partial charge on any atom is 0.573 e. The predicted octanol–water partition coefficient (Wildman–Crippen LogP) is 7.56. The molecule has 0 radical (unpaired) electrons. The van der Waals surface area contributed by atoms with Gasteiger partial charge >= 0.3 is 6.36 Å². The van der Waals surface area contributed by atoms with Crippen LogP contribution in [-0.2, 0) is 15.4 Å². The largest absolute Gasteiger partial charge is 0.573 e. The number of rotatable bonds is 8. The van der Waals surface area contributed by atoms with Crippen LogP contribution in [0.25, 0.3) is 0 Å². The molecule has 0 heterocycles. The zero-order valence-electron chi connectivity index (χ0n) is 20.4. The fraction of sp³-hybridized carbons (Fsp3) is 0.308. The Hall–Kier alpha value is -2.72. The Kier molecular flexibility index (Phi) is 8.00. The fourth-order valence-corrected chi connectivity index (χ4v) is 5.25. The zero-order chi connectivity index (χ0) is 26.9. The van der Waals surface area contributed by atoms with Crippen molar-refractivity contribution in [3.8, 4) is 11.5 Å². The first kappa shape index (κ1) is 27.9. The van der Waals surface area contributed by atoms with E-state index in [1.165, 1.54) is 16.4 Å². The third-order valence-corrected chi connectivity index (χ3v) is 6.91. The van der Waals surface area contributed by atoms with Crippen LogP contribution < -0.4 is 13.8 Å². The highest BCUT2D eigenvalue weighted by atomic mass is 79.9. The average molecular weight is 586 g/mol. The van der Waals surface area contributed by atoms with Gasteiger partial charge in [0, 0.05) is 16.0 Å². The van der Waals surface area contributed by atoms with E-state index in [4.69, 9.17) is 4.74 Å². The second-order valence-electron chi connectivity index (χ2n) is 9.09. The van der Waals surface area contributed by atoms with Gasteiger partial charge in [0.15, 0.2) is 0 Å². The number of hydrogen-bond donors (Lipinski definition) is 0. The summed E-state index contributed by atoms with van der Waals surface area (Å²) in [5.74, 6) is -0.173. The Labute approximate surface area is 218 Å². The number of benzene rings is 3. The minimum atomic E-state index is -4.87. The molecule has 3 rings (SSSR count). The normalized spacial score (nSPS) is 12.5. The fourth-order valence-electron chi connectivity index (χ4n) is 3.78. The van der Waals surface area contributed by atoms with E-state index < -0.39 is 27.6 Å². The summed E-state index contributed by atoms with van der Waals surface area (Å²) in [7, 11) is -3.71. The van der Waals surface area contributed by atoms with Crippen molar-refractivity contribution in [1.29, 1.82) is 0 Å². The van der Waals surface area contributed by atoms with Gasteiger partial charge in [-0.25, -0.2) is 12.7 Å². The molecule has 3 aromatic rings. The number of halogens is 4. The molecule has 5 nitrogen and oxygen atoms in total. The topological polar surface area (TPSA) is 55.8 Å². The van der Waals surface area contributed by atoms with Gasteiger partial charge in [0.1, 0.15) is 11.5 Å². The zero-order valence-corrected chi connectivity index (χ0v) is 22.8. The molecule has 0 N–H and O–H groups in total. The third-order valence-electron chi connectivity index (χ3n) is 5.37. The van der Waals surface area contributed by atoms with E-state index in [9.17, 15) is 21.6 Å². The highest BCUT2D eigenvalue weighted by Gasteiger charge is 2.33. The minimum Gasteiger partial charge on any atom is -0.491 e. The molecule has 3 aromatic carbocycles. The van der Waals surface area contributed by atoms with Gasteiger partial charge in [-0.3, -0.25) is 0 Å². The van der Waals surface area contributed by atoms with Gasteiger partial charge in [-0.1, -0.05) is 48.0 Å². The van der Waals surface area contributed by atoms with E-state index in [2.05, 4.69) is 20.7 Å². The first-order valence-corrected chi connectivity index (χ1v) is 13.6. The number of hydrogen-bond acceptors (Lipinski definition) is 4. The molecule has 0 saturated carbocycles. The van der Waals surface area contributed by atoms with E-state index in [-0.39, 0.29) is 11.9 Å². The second kappa shape index (κ2) is 10.3. The van der Waals surface area contributed by atoms with Crippen LogP contribution in [0.15, 0.2) is 71.2 Å². The van der Waals surface area contributed by atoms with E-state index in [1.807, 2.05) is 13.8 Å². The Morgan fingerprint density at radius 3 is 2.00 bits per heavy atom. The summed E-state index contributed by atoms with van der Waals surface area (Å²) < 4.78 is 76.3. The molecule has 10 heteroatoms. The van der Waals surface area contributed by atoms with E-state index in [1.54, 1.807) is 68.4 Å².